The van der Waals surface area contributed by atoms with Crippen molar-refractivity contribution in [1.82, 2.24) is 9.97 Å². The smallest absolute Gasteiger partial charge is 0.220 e. The van der Waals surface area contributed by atoms with Crippen molar-refractivity contribution in [3.05, 3.63) is 52.3 Å². The first-order valence-corrected chi connectivity index (χ1v) is 5.27. The summed E-state index contributed by atoms with van der Waals surface area (Å²) in [5.74, 6) is 0.397. The van der Waals surface area contributed by atoms with Crippen LogP contribution >= 0.6 is 23.2 Å². The first kappa shape index (κ1) is 11.0. The maximum Gasteiger partial charge on any atom is 0.249 e. The van der Waals surface area contributed by atoms with Crippen molar-refractivity contribution in [2.45, 2.75) is 0 Å². The number of rotatable bonds is 2. The molecule has 1 aromatic heterocycles. The van der Waals surface area contributed by atoms with Crippen molar-refractivity contribution in [2.24, 2.45) is 4.99 Å². The van der Waals surface area contributed by atoms with E-state index in [0.29, 0.717) is 16.0 Å². The van der Waals surface area contributed by atoms with Gasteiger partial charge >= 0.3 is 0 Å². The molecule has 16 heavy (non-hydrogen) atoms. The van der Waals surface area contributed by atoms with Gasteiger partial charge in [-0.1, -0.05) is 29.3 Å². The van der Waals surface area contributed by atoms with Crippen LogP contribution in [-0.4, -0.2) is 16.2 Å². The average Bonchev–Trinajstić information content (AvgIpc) is 2.29. The van der Waals surface area contributed by atoms with Crippen LogP contribution in [0.15, 0.2) is 41.7 Å². The third kappa shape index (κ3) is 2.78. The van der Waals surface area contributed by atoms with E-state index in [2.05, 4.69) is 15.0 Å². The highest BCUT2D eigenvalue weighted by molar-refractivity contribution is 6.36. The average molecular weight is 252 g/mol. The van der Waals surface area contributed by atoms with Gasteiger partial charge in [0, 0.05) is 29.2 Å². The fraction of sp³-hybridized carbons (Fsp3) is 0. The molecule has 0 aliphatic carbocycles. The van der Waals surface area contributed by atoms with Gasteiger partial charge in [-0.15, -0.1) is 0 Å². The molecule has 3 nitrogen and oxygen atoms in total. The molecule has 2 rings (SSSR count). The Morgan fingerprint density at radius 3 is 2.56 bits per heavy atom. The van der Waals surface area contributed by atoms with Gasteiger partial charge in [0.2, 0.25) is 5.95 Å². The third-order valence-electron chi connectivity index (χ3n) is 1.83. The zero-order valence-corrected chi connectivity index (χ0v) is 9.65. The Kier molecular flexibility index (Phi) is 3.49. The molecule has 5 heteroatoms. The van der Waals surface area contributed by atoms with E-state index in [-0.39, 0.29) is 0 Å². The number of nitrogens with zero attached hydrogens (tertiary/aromatic N) is 3. The molecule has 1 aromatic carbocycles. The lowest BCUT2D eigenvalue weighted by atomic mass is 10.2. The Balaban J connectivity index is 2.24. The molecular formula is C11H7Cl2N3. The summed E-state index contributed by atoms with van der Waals surface area (Å²) in [6.07, 6.45) is 4.86. The van der Waals surface area contributed by atoms with Gasteiger partial charge in [0.05, 0.1) is 5.02 Å². The van der Waals surface area contributed by atoms with Crippen LogP contribution in [0.25, 0.3) is 0 Å². The van der Waals surface area contributed by atoms with Gasteiger partial charge in [-0.25, -0.2) is 15.0 Å². The number of aliphatic imine (C=N–C) groups is 1. The quantitative estimate of drug-likeness (QED) is 0.766. The molecule has 1 heterocycles. The van der Waals surface area contributed by atoms with E-state index in [1.54, 1.807) is 42.9 Å². The highest BCUT2D eigenvalue weighted by atomic mass is 35.5. The van der Waals surface area contributed by atoms with Gasteiger partial charge < -0.3 is 0 Å². The summed E-state index contributed by atoms with van der Waals surface area (Å²) >= 11 is 11.8. The van der Waals surface area contributed by atoms with E-state index in [9.17, 15) is 0 Å². The first-order chi connectivity index (χ1) is 7.75. The number of aromatic nitrogens is 2. The summed E-state index contributed by atoms with van der Waals surface area (Å²) in [5.41, 5.74) is 0.776. The van der Waals surface area contributed by atoms with Crippen molar-refractivity contribution in [3.63, 3.8) is 0 Å². The highest BCUT2D eigenvalue weighted by Gasteiger charge is 1.98. The lowest BCUT2D eigenvalue weighted by Crippen LogP contribution is -1.84. The van der Waals surface area contributed by atoms with Crippen molar-refractivity contribution in [1.29, 1.82) is 0 Å². The Hall–Kier alpha value is -1.45. The summed E-state index contributed by atoms with van der Waals surface area (Å²) in [7, 11) is 0. The van der Waals surface area contributed by atoms with Gasteiger partial charge in [0.1, 0.15) is 0 Å². The summed E-state index contributed by atoms with van der Waals surface area (Å²) in [5, 5.41) is 1.14. The Morgan fingerprint density at radius 1 is 1.12 bits per heavy atom. The van der Waals surface area contributed by atoms with Crippen molar-refractivity contribution in [3.8, 4) is 0 Å². The number of benzene rings is 1. The molecule has 80 valence electrons. The minimum atomic E-state index is 0.397. The maximum atomic E-state index is 5.98. The monoisotopic (exact) mass is 251 g/mol. The van der Waals surface area contributed by atoms with Gasteiger partial charge in [-0.05, 0) is 18.2 Å². The lowest BCUT2D eigenvalue weighted by molar-refractivity contribution is 1.14. The highest BCUT2D eigenvalue weighted by Crippen LogP contribution is 2.19. The molecular weight excluding hydrogens is 245 g/mol. The van der Waals surface area contributed by atoms with E-state index >= 15 is 0 Å². The summed E-state index contributed by atoms with van der Waals surface area (Å²) in [6, 6.07) is 6.93. The second kappa shape index (κ2) is 5.05. The van der Waals surface area contributed by atoms with Gasteiger partial charge in [0.15, 0.2) is 0 Å². The second-order valence-electron chi connectivity index (χ2n) is 2.97. The predicted molar refractivity (Wildman–Crippen MR) is 65.7 cm³/mol. The van der Waals surface area contributed by atoms with Gasteiger partial charge in [-0.2, -0.15) is 0 Å². The summed E-state index contributed by atoms with van der Waals surface area (Å²) < 4.78 is 0. The molecule has 0 spiro atoms. The van der Waals surface area contributed by atoms with Crippen molar-refractivity contribution in [2.75, 3.05) is 0 Å². The van der Waals surface area contributed by atoms with Crippen molar-refractivity contribution < 1.29 is 0 Å². The molecule has 2 aromatic rings. The molecule has 0 amide bonds. The number of hydrogen-bond donors (Lipinski definition) is 0. The molecule has 0 atom stereocenters. The van der Waals surface area contributed by atoms with Crippen LogP contribution in [0.5, 0.6) is 0 Å². The zero-order valence-electron chi connectivity index (χ0n) is 8.14. The molecule has 0 aliphatic rings. The summed E-state index contributed by atoms with van der Waals surface area (Å²) in [6.45, 7) is 0. The molecule has 0 aliphatic heterocycles. The van der Waals surface area contributed by atoms with Gasteiger partial charge in [0.25, 0.3) is 0 Å². The molecule has 0 unspecified atom stereocenters. The van der Waals surface area contributed by atoms with Crippen LogP contribution in [0.1, 0.15) is 5.56 Å². The second-order valence-corrected chi connectivity index (χ2v) is 3.82. The number of hydrogen-bond acceptors (Lipinski definition) is 3. The van der Waals surface area contributed by atoms with Crippen LogP contribution < -0.4 is 0 Å². The van der Waals surface area contributed by atoms with E-state index in [1.165, 1.54) is 0 Å². The zero-order chi connectivity index (χ0) is 11.4. The van der Waals surface area contributed by atoms with Crippen LogP contribution in [-0.2, 0) is 0 Å². The fourth-order valence-electron chi connectivity index (χ4n) is 1.09. The minimum absolute atomic E-state index is 0.397. The van der Waals surface area contributed by atoms with E-state index in [4.69, 9.17) is 23.2 Å². The van der Waals surface area contributed by atoms with Crippen LogP contribution in [0.3, 0.4) is 0 Å². The fourth-order valence-corrected chi connectivity index (χ4v) is 1.55. The predicted octanol–water partition coefficient (Wildman–Crippen LogP) is 3.53. The summed E-state index contributed by atoms with van der Waals surface area (Å²) in [4.78, 5) is 12.0. The van der Waals surface area contributed by atoms with Crippen LogP contribution in [0, 0.1) is 0 Å². The Labute approximate surface area is 103 Å². The van der Waals surface area contributed by atoms with Crippen molar-refractivity contribution >= 4 is 35.4 Å². The minimum Gasteiger partial charge on any atom is -0.220 e. The number of halogens is 2. The molecule has 0 N–H and O–H groups in total. The van der Waals surface area contributed by atoms with Crippen LogP contribution in [0.4, 0.5) is 5.95 Å². The third-order valence-corrected chi connectivity index (χ3v) is 2.40. The topological polar surface area (TPSA) is 38.1 Å². The largest absolute Gasteiger partial charge is 0.249 e. The van der Waals surface area contributed by atoms with E-state index in [0.717, 1.165) is 5.56 Å². The van der Waals surface area contributed by atoms with E-state index in [1.807, 2.05) is 0 Å². The van der Waals surface area contributed by atoms with Gasteiger partial charge in [-0.3, -0.25) is 0 Å². The molecule has 0 bridgehead atoms. The molecule has 0 saturated carbocycles. The standard InChI is InChI=1S/C11H7Cl2N3/c12-9-3-2-8(10(13)6-9)7-16-11-14-4-1-5-15-11/h1-7H/b16-7+. The van der Waals surface area contributed by atoms with Crippen LogP contribution in [0.2, 0.25) is 10.0 Å². The molecule has 0 radical (unpaired) electrons. The Morgan fingerprint density at radius 2 is 1.88 bits per heavy atom. The first-order valence-electron chi connectivity index (χ1n) is 4.52. The molecule has 0 fully saturated rings. The van der Waals surface area contributed by atoms with E-state index < -0.39 is 0 Å². The Bertz CT molecular complexity index is 512. The SMILES string of the molecule is Clc1ccc(/C=N/c2ncccn2)c(Cl)c1. The molecule has 0 saturated heterocycles. The normalized spacial score (nSPS) is 10.9. The maximum absolute atomic E-state index is 5.98. The lowest BCUT2D eigenvalue weighted by Gasteiger charge is -1.97.